The summed E-state index contributed by atoms with van der Waals surface area (Å²) in [4.78, 5) is 13.0. The summed E-state index contributed by atoms with van der Waals surface area (Å²) in [6, 6.07) is 31.1. The standard InChI is InChI=1S/C28H29N3O/c1-21-27(22(2)31(30-21)20-23-12-6-3-7-13-23)28(32)29-19-18-26(24-14-8-4-9-15-24)25-16-10-5-11-17-25/h3-17,26H,18-20H2,1-2H3,(H,29,32). The molecule has 0 unspecified atom stereocenters. The zero-order valence-electron chi connectivity index (χ0n) is 18.7. The Hall–Kier alpha value is -3.66. The van der Waals surface area contributed by atoms with E-state index in [4.69, 9.17) is 0 Å². The third-order valence-electron chi connectivity index (χ3n) is 5.91. The Labute approximate surface area is 189 Å². The first-order valence-corrected chi connectivity index (χ1v) is 11.1. The molecule has 0 aliphatic rings. The quantitative estimate of drug-likeness (QED) is 0.407. The average molecular weight is 424 g/mol. The maximum absolute atomic E-state index is 13.0. The zero-order valence-corrected chi connectivity index (χ0v) is 18.7. The van der Waals surface area contributed by atoms with Gasteiger partial charge in [0.1, 0.15) is 0 Å². The van der Waals surface area contributed by atoms with Crippen molar-refractivity contribution in [2.45, 2.75) is 32.7 Å². The van der Waals surface area contributed by atoms with Gasteiger partial charge < -0.3 is 5.32 Å². The molecule has 1 heterocycles. The van der Waals surface area contributed by atoms with Crippen molar-refractivity contribution in [1.29, 1.82) is 0 Å². The molecule has 3 aromatic carbocycles. The molecular weight excluding hydrogens is 394 g/mol. The summed E-state index contributed by atoms with van der Waals surface area (Å²) in [6.45, 7) is 5.12. The van der Waals surface area contributed by atoms with Crippen molar-refractivity contribution in [3.05, 3.63) is 125 Å². The molecule has 1 amide bonds. The van der Waals surface area contributed by atoms with Crippen LogP contribution in [-0.2, 0) is 6.54 Å². The summed E-state index contributed by atoms with van der Waals surface area (Å²) in [6.07, 6.45) is 0.829. The Morgan fingerprint density at radius 2 is 1.38 bits per heavy atom. The lowest BCUT2D eigenvalue weighted by molar-refractivity contribution is 0.0951. The molecule has 4 rings (SSSR count). The maximum atomic E-state index is 13.0. The third-order valence-corrected chi connectivity index (χ3v) is 5.91. The average Bonchev–Trinajstić information content (AvgIpc) is 3.11. The van der Waals surface area contributed by atoms with Gasteiger partial charge in [0.15, 0.2) is 0 Å². The molecule has 1 aromatic heterocycles. The van der Waals surface area contributed by atoms with Crippen molar-refractivity contribution in [2.24, 2.45) is 0 Å². The van der Waals surface area contributed by atoms with E-state index in [9.17, 15) is 4.79 Å². The second kappa shape index (κ2) is 10.1. The number of amides is 1. The first-order valence-electron chi connectivity index (χ1n) is 11.1. The normalized spacial score (nSPS) is 11.0. The van der Waals surface area contributed by atoms with Crippen LogP contribution in [0.3, 0.4) is 0 Å². The minimum absolute atomic E-state index is 0.0563. The maximum Gasteiger partial charge on any atom is 0.255 e. The second-order valence-corrected chi connectivity index (χ2v) is 8.11. The first kappa shape index (κ1) is 21.6. The largest absolute Gasteiger partial charge is 0.352 e. The van der Waals surface area contributed by atoms with Crippen molar-refractivity contribution >= 4 is 5.91 Å². The van der Waals surface area contributed by atoms with Crippen LogP contribution in [0.25, 0.3) is 0 Å². The number of hydrogen-bond acceptors (Lipinski definition) is 2. The lowest BCUT2D eigenvalue weighted by atomic mass is 9.88. The summed E-state index contributed by atoms with van der Waals surface area (Å²) in [7, 11) is 0. The number of carbonyl (C=O) groups excluding carboxylic acids is 1. The molecule has 32 heavy (non-hydrogen) atoms. The number of hydrogen-bond donors (Lipinski definition) is 1. The molecule has 0 atom stereocenters. The third kappa shape index (κ3) is 4.97. The van der Waals surface area contributed by atoms with Gasteiger partial charge in [-0.1, -0.05) is 91.0 Å². The number of aryl methyl sites for hydroxylation is 1. The lowest BCUT2D eigenvalue weighted by Crippen LogP contribution is -2.27. The van der Waals surface area contributed by atoms with Gasteiger partial charge in [-0.15, -0.1) is 0 Å². The fourth-order valence-corrected chi connectivity index (χ4v) is 4.25. The van der Waals surface area contributed by atoms with Crippen molar-refractivity contribution in [1.82, 2.24) is 15.1 Å². The molecule has 4 nitrogen and oxygen atoms in total. The number of benzene rings is 3. The van der Waals surface area contributed by atoms with Crippen LogP contribution in [0.4, 0.5) is 0 Å². The van der Waals surface area contributed by atoms with Crippen LogP contribution < -0.4 is 5.32 Å². The van der Waals surface area contributed by atoms with Gasteiger partial charge in [-0.05, 0) is 37.0 Å². The Morgan fingerprint density at radius 3 is 1.94 bits per heavy atom. The molecular formula is C28H29N3O. The van der Waals surface area contributed by atoms with E-state index in [2.05, 4.69) is 71.1 Å². The van der Waals surface area contributed by atoms with Crippen LogP contribution in [0.1, 0.15) is 50.8 Å². The highest BCUT2D eigenvalue weighted by molar-refractivity contribution is 5.96. The Kier molecular flexibility index (Phi) is 6.81. The second-order valence-electron chi connectivity index (χ2n) is 8.11. The van der Waals surface area contributed by atoms with Crippen molar-refractivity contribution in [2.75, 3.05) is 6.54 Å². The van der Waals surface area contributed by atoms with Gasteiger partial charge >= 0.3 is 0 Å². The monoisotopic (exact) mass is 423 g/mol. The molecule has 0 bridgehead atoms. The minimum atomic E-state index is -0.0563. The number of aromatic nitrogens is 2. The Morgan fingerprint density at radius 1 is 0.844 bits per heavy atom. The van der Waals surface area contributed by atoms with E-state index in [1.165, 1.54) is 16.7 Å². The summed E-state index contributed by atoms with van der Waals surface area (Å²) in [5.74, 6) is 0.180. The molecule has 162 valence electrons. The van der Waals surface area contributed by atoms with Crippen molar-refractivity contribution in [3.8, 4) is 0 Å². The van der Waals surface area contributed by atoms with Gasteiger partial charge in [-0.2, -0.15) is 5.10 Å². The van der Waals surface area contributed by atoms with E-state index < -0.39 is 0 Å². The fraction of sp³-hybridized carbons (Fsp3) is 0.214. The molecule has 0 radical (unpaired) electrons. The summed E-state index contributed by atoms with van der Waals surface area (Å²) >= 11 is 0. The van der Waals surface area contributed by atoms with Gasteiger partial charge in [-0.3, -0.25) is 9.48 Å². The van der Waals surface area contributed by atoms with Crippen LogP contribution in [0, 0.1) is 13.8 Å². The van der Waals surface area contributed by atoms with E-state index in [0.29, 0.717) is 18.7 Å². The predicted octanol–water partition coefficient (Wildman–Crippen LogP) is 5.50. The van der Waals surface area contributed by atoms with Crippen LogP contribution in [0.5, 0.6) is 0 Å². The van der Waals surface area contributed by atoms with E-state index in [-0.39, 0.29) is 11.8 Å². The van der Waals surface area contributed by atoms with Gasteiger partial charge in [-0.25, -0.2) is 0 Å². The highest BCUT2D eigenvalue weighted by Gasteiger charge is 2.20. The Balaban J connectivity index is 1.45. The number of rotatable bonds is 8. The molecule has 1 N–H and O–H groups in total. The molecule has 0 aliphatic heterocycles. The van der Waals surface area contributed by atoms with E-state index in [1.807, 2.05) is 48.9 Å². The molecule has 0 saturated heterocycles. The first-order chi connectivity index (χ1) is 15.6. The predicted molar refractivity (Wildman–Crippen MR) is 129 cm³/mol. The number of nitrogens with zero attached hydrogens (tertiary/aromatic N) is 2. The molecule has 0 spiro atoms. The zero-order chi connectivity index (χ0) is 22.3. The van der Waals surface area contributed by atoms with Gasteiger partial charge in [0.25, 0.3) is 5.91 Å². The summed E-state index contributed by atoms with van der Waals surface area (Å²) in [5, 5.41) is 7.76. The Bertz CT molecular complexity index is 1110. The van der Waals surface area contributed by atoms with Crippen molar-refractivity contribution < 1.29 is 4.79 Å². The SMILES string of the molecule is Cc1nn(Cc2ccccc2)c(C)c1C(=O)NCCC(c1ccccc1)c1ccccc1. The van der Waals surface area contributed by atoms with Gasteiger partial charge in [0, 0.05) is 18.2 Å². The molecule has 0 saturated carbocycles. The summed E-state index contributed by atoms with van der Waals surface area (Å²) < 4.78 is 1.91. The minimum Gasteiger partial charge on any atom is -0.352 e. The van der Waals surface area contributed by atoms with E-state index in [0.717, 1.165) is 17.8 Å². The van der Waals surface area contributed by atoms with E-state index >= 15 is 0 Å². The number of carbonyl (C=O) groups is 1. The van der Waals surface area contributed by atoms with Gasteiger partial charge in [0.05, 0.1) is 17.8 Å². The summed E-state index contributed by atoms with van der Waals surface area (Å²) in [5.41, 5.74) is 6.02. The molecule has 0 aliphatic carbocycles. The van der Waals surface area contributed by atoms with Crippen LogP contribution >= 0.6 is 0 Å². The molecule has 4 heteroatoms. The smallest absolute Gasteiger partial charge is 0.255 e. The topological polar surface area (TPSA) is 46.9 Å². The van der Waals surface area contributed by atoms with E-state index in [1.54, 1.807) is 0 Å². The molecule has 4 aromatic rings. The highest BCUT2D eigenvalue weighted by atomic mass is 16.1. The van der Waals surface area contributed by atoms with Gasteiger partial charge in [0.2, 0.25) is 0 Å². The van der Waals surface area contributed by atoms with Crippen LogP contribution in [0.15, 0.2) is 91.0 Å². The van der Waals surface area contributed by atoms with Crippen LogP contribution in [0.2, 0.25) is 0 Å². The van der Waals surface area contributed by atoms with Crippen LogP contribution in [-0.4, -0.2) is 22.2 Å². The van der Waals surface area contributed by atoms with Crippen molar-refractivity contribution in [3.63, 3.8) is 0 Å². The number of nitrogens with one attached hydrogen (secondary N) is 1. The molecule has 0 fully saturated rings. The fourth-order valence-electron chi connectivity index (χ4n) is 4.25. The lowest BCUT2D eigenvalue weighted by Gasteiger charge is -2.18. The highest BCUT2D eigenvalue weighted by Crippen LogP contribution is 2.27.